The van der Waals surface area contributed by atoms with Crippen LogP contribution in [-0.4, -0.2) is 29.7 Å². The summed E-state index contributed by atoms with van der Waals surface area (Å²) in [5.74, 6) is 1.06. The van der Waals surface area contributed by atoms with Gasteiger partial charge in [0.2, 0.25) is 0 Å². The van der Waals surface area contributed by atoms with E-state index < -0.39 is 9.84 Å². The van der Waals surface area contributed by atoms with Crippen molar-refractivity contribution in [2.75, 3.05) is 23.0 Å². The second kappa shape index (κ2) is 2.88. The van der Waals surface area contributed by atoms with Crippen LogP contribution in [0.2, 0.25) is 0 Å². The van der Waals surface area contributed by atoms with Gasteiger partial charge in [-0.3, -0.25) is 0 Å². The number of hydrogen-bond acceptors (Lipinski definition) is 5. The predicted molar refractivity (Wildman–Crippen MR) is 53.4 cm³/mol. The van der Waals surface area contributed by atoms with Crippen LogP contribution in [0.1, 0.15) is 12.5 Å². The summed E-state index contributed by atoms with van der Waals surface area (Å²) in [6, 6.07) is 1.38. The topological polar surface area (TPSA) is 104 Å². The summed E-state index contributed by atoms with van der Waals surface area (Å²) in [4.78, 5) is 0. The Morgan fingerprint density at radius 1 is 1.50 bits per heavy atom. The van der Waals surface area contributed by atoms with Gasteiger partial charge in [-0.25, -0.2) is 13.1 Å². The molecule has 1 saturated heterocycles. The van der Waals surface area contributed by atoms with Crippen LogP contribution in [0.4, 0.5) is 11.6 Å². The van der Waals surface area contributed by atoms with Gasteiger partial charge in [-0.15, -0.1) is 0 Å². The molecule has 4 N–H and O–H groups in total. The lowest BCUT2D eigenvalue weighted by atomic mass is 10.3. The molecule has 1 aliphatic heterocycles. The molecule has 0 aliphatic carbocycles. The van der Waals surface area contributed by atoms with Crippen LogP contribution < -0.4 is 11.5 Å². The number of nitrogens with two attached hydrogens (primary N) is 2. The molecular formula is C7H12N4O2S. The third kappa shape index (κ3) is 1.54. The van der Waals surface area contributed by atoms with Crippen LogP contribution >= 0.6 is 0 Å². The number of sulfone groups is 1. The summed E-state index contributed by atoms with van der Waals surface area (Å²) < 4.78 is 23.9. The summed E-state index contributed by atoms with van der Waals surface area (Å²) in [7, 11) is -2.91. The van der Waals surface area contributed by atoms with Crippen molar-refractivity contribution in [2.24, 2.45) is 0 Å². The van der Waals surface area contributed by atoms with Gasteiger partial charge < -0.3 is 11.5 Å². The maximum absolute atomic E-state index is 11.2. The van der Waals surface area contributed by atoms with Crippen molar-refractivity contribution in [1.29, 1.82) is 0 Å². The van der Waals surface area contributed by atoms with Gasteiger partial charge in [-0.05, 0) is 6.42 Å². The zero-order valence-corrected chi connectivity index (χ0v) is 8.37. The maximum Gasteiger partial charge on any atom is 0.152 e. The second-order valence-corrected chi connectivity index (χ2v) is 5.72. The number of nitrogens with zero attached hydrogens (tertiary/aromatic N) is 2. The van der Waals surface area contributed by atoms with E-state index >= 15 is 0 Å². The number of hydrogen-bond donors (Lipinski definition) is 2. The average molecular weight is 216 g/mol. The van der Waals surface area contributed by atoms with Crippen molar-refractivity contribution < 1.29 is 8.42 Å². The molecule has 7 heteroatoms. The Kier molecular flexibility index (Phi) is 1.91. The van der Waals surface area contributed by atoms with Crippen molar-refractivity contribution in [2.45, 2.75) is 12.5 Å². The molecule has 1 fully saturated rings. The minimum atomic E-state index is -2.91. The Morgan fingerprint density at radius 3 is 2.64 bits per heavy atom. The fourth-order valence-electron chi connectivity index (χ4n) is 1.69. The molecule has 2 heterocycles. The Hall–Kier alpha value is -1.24. The molecule has 1 aliphatic rings. The van der Waals surface area contributed by atoms with E-state index in [0.717, 1.165) is 0 Å². The quantitative estimate of drug-likeness (QED) is 0.652. The Morgan fingerprint density at radius 2 is 2.21 bits per heavy atom. The molecule has 0 spiro atoms. The third-order valence-corrected chi connectivity index (χ3v) is 4.09. The van der Waals surface area contributed by atoms with E-state index in [-0.39, 0.29) is 17.5 Å². The molecule has 0 amide bonds. The molecule has 6 nitrogen and oxygen atoms in total. The average Bonchev–Trinajstić information content (AvgIpc) is 2.55. The summed E-state index contributed by atoms with van der Waals surface area (Å²) >= 11 is 0. The van der Waals surface area contributed by atoms with Crippen LogP contribution in [0.15, 0.2) is 6.07 Å². The normalized spacial score (nSPS) is 25.3. The molecule has 0 aromatic carbocycles. The first-order valence-electron chi connectivity index (χ1n) is 4.29. The minimum Gasteiger partial charge on any atom is -0.384 e. The van der Waals surface area contributed by atoms with Gasteiger partial charge in [0.05, 0.1) is 17.5 Å². The summed E-state index contributed by atoms with van der Waals surface area (Å²) in [6.45, 7) is 0. The lowest BCUT2D eigenvalue weighted by molar-refractivity contribution is 0.508. The molecule has 1 aromatic heterocycles. The molecule has 78 valence electrons. The van der Waals surface area contributed by atoms with E-state index in [1.165, 1.54) is 10.7 Å². The number of nitrogen functional groups attached to an aromatic ring is 2. The van der Waals surface area contributed by atoms with Crippen molar-refractivity contribution in [3.63, 3.8) is 0 Å². The summed E-state index contributed by atoms with van der Waals surface area (Å²) in [5.41, 5.74) is 11.1. The summed E-state index contributed by atoms with van der Waals surface area (Å²) in [6.07, 6.45) is 0.563. The van der Waals surface area contributed by atoms with Gasteiger partial charge in [0.15, 0.2) is 9.84 Å². The van der Waals surface area contributed by atoms with Crippen LogP contribution in [0.5, 0.6) is 0 Å². The van der Waals surface area contributed by atoms with Gasteiger partial charge in [-0.2, -0.15) is 5.10 Å². The molecule has 14 heavy (non-hydrogen) atoms. The van der Waals surface area contributed by atoms with E-state index in [1.54, 1.807) is 0 Å². The van der Waals surface area contributed by atoms with E-state index in [0.29, 0.717) is 18.1 Å². The van der Waals surface area contributed by atoms with Crippen LogP contribution in [-0.2, 0) is 9.84 Å². The number of aromatic nitrogens is 2. The van der Waals surface area contributed by atoms with E-state index in [9.17, 15) is 8.42 Å². The van der Waals surface area contributed by atoms with E-state index in [4.69, 9.17) is 11.5 Å². The Balaban J connectivity index is 2.30. The largest absolute Gasteiger partial charge is 0.384 e. The first kappa shape index (κ1) is 9.32. The lowest BCUT2D eigenvalue weighted by Crippen LogP contribution is -2.14. The van der Waals surface area contributed by atoms with Gasteiger partial charge in [0.25, 0.3) is 0 Å². The molecule has 0 saturated carbocycles. The summed E-state index contributed by atoms with van der Waals surface area (Å²) in [5, 5.41) is 3.96. The highest BCUT2D eigenvalue weighted by molar-refractivity contribution is 7.91. The van der Waals surface area contributed by atoms with Crippen molar-refractivity contribution in [3.8, 4) is 0 Å². The van der Waals surface area contributed by atoms with Gasteiger partial charge >= 0.3 is 0 Å². The number of rotatable bonds is 1. The molecule has 1 aromatic rings. The molecule has 1 atom stereocenters. The van der Waals surface area contributed by atoms with Crippen molar-refractivity contribution in [1.82, 2.24) is 9.78 Å². The molecule has 0 radical (unpaired) electrons. The van der Waals surface area contributed by atoms with Crippen molar-refractivity contribution >= 4 is 21.5 Å². The van der Waals surface area contributed by atoms with Crippen LogP contribution in [0.25, 0.3) is 0 Å². The highest BCUT2D eigenvalue weighted by atomic mass is 32.2. The SMILES string of the molecule is Nc1cc(N)n(C2CCS(=O)(=O)C2)n1. The molecule has 2 rings (SSSR count). The number of anilines is 2. The zero-order valence-electron chi connectivity index (χ0n) is 7.55. The third-order valence-electron chi connectivity index (χ3n) is 2.34. The fourth-order valence-corrected chi connectivity index (χ4v) is 3.38. The second-order valence-electron chi connectivity index (χ2n) is 3.50. The smallest absolute Gasteiger partial charge is 0.152 e. The van der Waals surface area contributed by atoms with E-state index in [2.05, 4.69) is 5.10 Å². The maximum atomic E-state index is 11.2. The fraction of sp³-hybridized carbons (Fsp3) is 0.571. The van der Waals surface area contributed by atoms with Gasteiger partial charge in [0.1, 0.15) is 11.6 Å². The van der Waals surface area contributed by atoms with Crippen LogP contribution in [0.3, 0.4) is 0 Å². The Labute approximate surface area is 81.8 Å². The van der Waals surface area contributed by atoms with Crippen LogP contribution in [0, 0.1) is 0 Å². The van der Waals surface area contributed by atoms with Crippen molar-refractivity contribution in [3.05, 3.63) is 6.07 Å². The van der Waals surface area contributed by atoms with Gasteiger partial charge in [-0.1, -0.05) is 0 Å². The highest BCUT2D eigenvalue weighted by Gasteiger charge is 2.30. The van der Waals surface area contributed by atoms with Gasteiger partial charge in [0, 0.05) is 6.07 Å². The molecule has 1 unspecified atom stereocenters. The lowest BCUT2D eigenvalue weighted by Gasteiger charge is -2.09. The predicted octanol–water partition coefficient (Wildman–Crippen LogP) is -0.593. The standard InChI is InChI=1S/C7H12N4O2S/c8-6-3-7(9)11(10-6)5-1-2-14(12,13)4-5/h3,5H,1-2,4,9H2,(H2,8,10). The monoisotopic (exact) mass is 216 g/mol. The first-order chi connectivity index (χ1) is 6.48. The first-order valence-corrected chi connectivity index (χ1v) is 6.11. The minimum absolute atomic E-state index is 0.109. The molecular weight excluding hydrogens is 204 g/mol. The van der Waals surface area contributed by atoms with E-state index in [1.807, 2.05) is 0 Å². The molecule has 0 bridgehead atoms. The highest BCUT2D eigenvalue weighted by Crippen LogP contribution is 2.26. The Bertz CT molecular complexity index is 450. The zero-order chi connectivity index (χ0) is 10.3.